The van der Waals surface area contributed by atoms with Gasteiger partial charge in [0.05, 0.1) is 0 Å². The Bertz CT molecular complexity index is 337. The number of nitrogens with two attached hydrogens (primary N) is 1. The smallest absolute Gasteiger partial charge is 0.158 e. The molecule has 1 atom stereocenters. The molecule has 19 heavy (non-hydrogen) atoms. The molecule has 1 rings (SSSR count). The van der Waals surface area contributed by atoms with Crippen LogP contribution in [-0.4, -0.2) is 26.0 Å². The van der Waals surface area contributed by atoms with E-state index in [9.17, 15) is 0 Å². The van der Waals surface area contributed by atoms with Gasteiger partial charge in [-0.1, -0.05) is 28.1 Å². The van der Waals surface area contributed by atoms with Crippen molar-refractivity contribution in [3.63, 3.8) is 0 Å². The van der Waals surface area contributed by atoms with Gasteiger partial charge in [-0.25, -0.2) is 0 Å². The van der Waals surface area contributed by atoms with E-state index in [1.165, 1.54) is 5.56 Å². The van der Waals surface area contributed by atoms with Gasteiger partial charge < -0.3 is 15.2 Å². The minimum Gasteiger partial charge on any atom is -0.353 e. The van der Waals surface area contributed by atoms with E-state index >= 15 is 0 Å². The molecule has 3 nitrogen and oxygen atoms in total. The lowest BCUT2D eigenvalue weighted by Gasteiger charge is -2.23. The average molecular weight is 330 g/mol. The molecule has 0 saturated carbocycles. The van der Waals surface area contributed by atoms with Crippen LogP contribution in [0.4, 0.5) is 0 Å². The van der Waals surface area contributed by atoms with Crippen molar-refractivity contribution < 1.29 is 9.47 Å². The van der Waals surface area contributed by atoms with Gasteiger partial charge in [-0.05, 0) is 50.4 Å². The third kappa shape index (κ3) is 6.04. The number of hydrogen-bond donors (Lipinski definition) is 1. The summed E-state index contributed by atoms with van der Waals surface area (Å²) in [7, 11) is 0. The third-order valence-electron chi connectivity index (χ3n) is 3.04. The molecular formula is C15H24BrNO2. The Morgan fingerprint density at radius 2 is 1.68 bits per heavy atom. The molecule has 4 heteroatoms. The molecule has 0 saturated heterocycles. The van der Waals surface area contributed by atoms with E-state index in [1.807, 2.05) is 13.8 Å². The molecule has 0 aliphatic rings. The van der Waals surface area contributed by atoms with E-state index in [2.05, 4.69) is 40.2 Å². The van der Waals surface area contributed by atoms with Crippen LogP contribution in [0.1, 0.15) is 38.2 Å². The lowest BCUT2D eigenvalue weighted by molar-refractivity contribution is -0.142. The van der Waals surface area contributed by atoms with Crippen LogP contribution in [0.25, 0.3) is 0 Å². The molecule has 1 aromatic rings. The Morgan fingerprint density at radius 1 is 1.11 bits per heavy atom. The SMILES string of the molecule is CCOC(CC(CCN)c1ccc(Br)cc1)OCC. The minimum absolute atomic E-state index is 0.143. The van der Waals surface area contributed by atoms with E-state index in [0.717, 1.165) is 17.3 Å². The summed E-state index contributed by atoms with van der Waals surface area (Å²) in [5.41, 5.74) is 7.02. The Morgan fingerprint density at radius 3 is 2.16 bits per heavy atom. The van der Waals surface area contributed by atoms with Gasteiger partial charge in [0.1, 0.15) is 0 Å². The van der Waals surface area contributed by atoms with Crippen molar-refractivity contribution in [2.45, 2.75) is 38.9 Å². The van der Waals surface area contributed by atoms with Crippen molar-refractivity contribution >= 4 is 15.9 Å². The van der Waals surface area contributed by atoms with Gasteiger partial charge >= 0.3 is 0 Å². The van der Waals surface area contributed by atoms with Crippen LogP contribution in [0, 0.1) is 0 Å². The largest absolute Gasteiger partial charge is 0.353 e. The molecular weight excluding hydrogens is 306 g/mol. The number of ether oxygens (including phenoxy) is 2. The molecule has 108 valence electrons. The zero-order valence-electron chi connectivity index (χ0n) is 11.8. The van der Waals surface area contributed by atoms with Crippen LogP contribution in [0.2, 0.25) is 0 Å². The second-order valence-corrected chi connectivity index (χ2v) is 5.32. The molecule has 0 bridgehead atoms. The molecule has 1 unspecified atom stereocenters. The van der Waals surface area contributed by atoms with Gasteiger partial charge in [0.2, 0.25) is 0 Å². The second kappa shape index (κ2) is 9.48. The van der Waals surface area contributed by atoms with Crippen molar-refractivity contribution in [1.29, 1.82) is 0 Å². The standard InChI is InChI=1S/C15H24BrNO2/c1-3-18-15(19-4-2)11-13(9-10-17)12-5-7-14(16)8-6-12/h5-8,13,15H,3-4,9-11,17H2,1-2H3. The predicted molar refractivity (Wildman–Crippen MR) is 82.2 cm³/mol. The maximum absolute atomic E-state index is 5.73. The maximum atomic E-state index is 5.73. The van der Waals surface area contributed by atoms with Crippen LogP contribution < -0.4 is 5.73 Å². The summed E-state index contributed by atoms with van der Waals surface area (Å²) in [6.45, 7) is 5.99. The summed E-state index contributed by atoms with van der Waals surface area (Å²) >= 11 is 3.46. The first-order chi connectivity index (χ1) is 9.21. The first-order valence-corrected chi connectivity index (χ1v) is 7.69. The van der Waals surface area contributed by atoms with Crippen LogP contribution in [0.15, 0.2) is 28.7 Å². The van der Waals surface area contributed by atoms with Crippen LogP contribution in [0.5, 0.6) is 0 Å². The van der Waals surface area contributed by atoms with Gasteiger partial charge in [-0.3, -0.25) is 0 Å². The lowest BCUT2D eigenvalue weighted by atomic mass is 9.92. The zero-order chi connectivity index (χ0) is 14.1. The first kappa shape index (κ1) is 16.6. The number of rotatable bonds is 9. The van der Waals surface area contributed by atoms with E-state index < -0.39 is 0 Å². The molecule has 0 aromatic heterocycles. The zero-order valence-corrected chi connectivity index (χ0v) is 13.4. The molecule has 0 heterocycles. The summed E-state index contributed by atoms with van der Waals surface area (Å²) in [4.78, 5) is 0. The first-order valence-electron chi connectivity index (χ1n) is 6.89. The van der Waals surface area contributed by atoms with E-state index in [1.54, 1.807) is 0 Å². The van der Waals surface area contributed by atoms with E-state index in [-0.39, 0.29) is 6.29 Å². The predicted octanol–water partition coefficient (Wildman–Crippen LogP) is 3.67. The Balaban J connectivity index is 2.72. The number of hydrogen-bond acceptors (Lipinski definition) is 3. The van der Waals surface area contributed by atoms with E-state index in [0.29, 0.717) is 25.7 Å². The summed E-state index contributed by atoms with van der Waals surface area (Å²) in [6, 6.07) is 8.41. The molecule has 2 N–H and O–H groups in total. The van der Waals surface area contributed by atoms with Gasteiger partial charge in [-0.15, -0.1) is 0 Å². The topological polar surface area (TPSA) is 44.5 Å². The van der Waals surface area contributed by atoms with Gasteiger partial charge in [0.25, 0.3) is 0 Å². The Hall–Kier alpha value is -0.420. The van der Waals surface area contributed by atoms with Crippen molar-refractivity contribution in [1.82, 2.24) is 0 Å². The van der Waals surface area contributed by atoms with Crippen molar-refractivity contribution in [3.05, 3.63) is 34.3 Å². The lowest BCUT2D eigenvalue weighted by Crippen LogP contribution is -2.22. The monoisotopic (exact) mass is 329 g/mol. The van der Waals surface area contributed by atoms with Crippen LogP contribution in [-0.2, 0) is 9.47 Å². The van der Waals surface area contributed by atoms with Crippen LogP contribution in [0.3, 0.4) is 0 Å². The molecule has 1 aromatic carbocycles. The number of benzene rings is 1. The summed E-state index contributed by atoms with van der Waals surface area (Å²) < 4.78 is 12.4. The van der Waals surface area contributed by atoms with Crippen molar-refractivity contribution in [2.24, 2.45) is 5.73 Å². The quantitative estimate of drug-likeness (QED) is 0.703. The summed E-state index contributed by atoms with van der Waals surface area (Å²) in [6.07, 6.45) is 1.65. The van der Waals surface area contributed by atoms with E-state index in [4.69, 9.17) is 15.2 Å². The number of halogens is 1. The normalized spacial score (nSPS) is 12.9. The molecule has 0 spiro atoms. The van der Waals surface area contributed by atoms with Gasteiger partial charge in [-0.2, -0.15) is 0 Å². The van der Waals surface area contributed by atoms with Crippen LogP contribution >= 0.6 is 15.9 Å². The molecule has 0 aliphatic heterocycles. The van der Waals surface area contributed by atoms with Gasteiger partial charge in [0.15, 0.2) is 6.29 Å². The Kier molecular flexibility index (Phi) is 8.30. The fourth-order valence-corrected chi connectivity index (χ4v) is 2.41. The molecule has 0 aliphatic carbocycles. The fourth-order valence-electron chi connectivity index (χ4n) is 2.15. The maximum Gasteiger partial charge on any atom is 0.158 e. The molecule has 0 radical (unpaired) electrons. The molecule has 0 amide bonds. The Labute approximate surface area is 124 Å². The fraction of sp³-hybridized carbons (Fsp3) is 0.600. The van der Waals surface area contributed by atoms with Crippen molar-refractivity contribution in [2.75, 3.05) is 19.8 Å². The highest BCUT2D eigenvalue weighted by atomic mass is 79.9. The highest BCUT2D eigenvalue weighted by molar-refractivity contribution is 9.10. The average Bonchev–Trinajstić information content (AvgIpc) is 2.40. The molecule has 0 fully saturated rings. The summed E-state index contributed by atoms with van der Waals surface area (Å²) in [5, 5.41) is 0. The van der Waals surface area contributed by atoms with Gasteiger partial charge in [0, 0.05) is 24.1 Å². The minimum atomic E-state index is -0.143. The third-order valence-corrected chi connectivity index (χ3v) is 3.57. The highest BCUT2D eigenvalue weighted by Gasteiger charge is 2.18. The second-order valence-electron chi connectivity index (χ2n) is 4.40. The van der Waals surface area contributed by atoms with Crippen molar-refractivity contribution in [3.8, 4) is 0 Å². The highest BCUT2D eigenvalue weighted by Crippen LogP contribution is 2.27. The summed E-state index contributed by atoms with van der Waals surface area (Å²) in [5.74, 6) is 0.376.